The number of hydrogen-bond donors (Lipinski definition) is 2. The summed E-state index contributed by atoms with van der Waals surface area (Å²) in [5.41, 5.74) is 0.369. The maximum absolute atomic E-state index is 12.8. The number of hydrogen-bond acceptors (Lipinski definition) is 9. The van der Waals surface area contributed by atoms with Crippen LogP contribution in [0.5, 0.6) is 0 Å². The Bertz CT molecular complexity index is 926. The third kappa shape index (κ3) is 6.94. The maximum Gasteiger partial charge on any atom is 0.348 e. The number of fused-ring (bicyclic) bond motifs is 1. The average Bonchev–Trinajstić information content (AvgIpc) is 3.12. The van der Waals surface area contributed by atoms with Crippen molar-refractivity contribution in [3.8, 4) is 0 Å². The van der Waals surface area contributed by atoms with E-state index in [1.165, 1.54) is 7.11 Å². The lowest BCUT2D eigenvalue weighted by Gasteiger charge is -2.24. The van der Waals surface area contributed by atoms with Crippen LogP contribution in [0.25, 0.3) is 10.2 Å². The van der Waals surface area contributed by atoms with Crippen molar-refractivity contribution in [2.24, 2.45) is 0 Å². The van der Waals surface area contributed by atoms with Crippen LogP contribution >= 0.6 is 11.3 Å². The Hall–Kier alpha value is -2.11. The van der Waals surface area contributed by atoms with Crippen molar-refractivity contribution in [3.05, 3.63) is 39.3 Å². The number of carbonyl (C=O) groups excluding carboxylic acids is 1. The third-order valence-corrected chi connectivity index (χ3v) is 5.75. The van der Waals surface area contributed by atoms with Gasteiger partial charge >= 0.3 is 5.97 Å². The first-order valence-electron chi connectivity index (χ1n) is 10.2. The summed E-state index contributed by atoms with van der Waals surface area (Å²) >= 11 is 1.16. The molecule has 0 aromatic carbocycles. The lowest BCUT2D eigenvalue weighted by atomic mass is 10.1. The van der Waals surface area contributed by atoms with Gasteiger partial charge in [-0.05, 0) is 18.4 Å². The number of aromatic nitrogens is 2. The molecule has 0 spiro atoms. The molecule has 0 radical (unpaired) electrons. The van der Waals surface area contributed by atoms with E-state index in [4.69, 9.17) is 14.2 Å². The Morgan fingerprint density at radius 3 is 2.84 bits per heavy atom. The molecule has 0 fully saturated rings. The molecule has 172 valence electrons. The summed E-state index contributed by atoms with van der Waals surface area (Å²) < 4.78 is 15.3. The van der Waals surface area contributed by atoms with Crippen LogP contribution in [0.1, 0.15) is 34.4 Å². The zero-order valence-corrected chi connectivity index (χ0v) is 19.1. The largest absolute Gasteiger partial charge is 0.465 e. The van der Waals surface area contributed by atoms with E-state index in [1.807, 2.05) is 11.8 Å². The molecular formula is C21H31N3O6S. The SMILES string of the molecule is C=CCOC[C@H](O)CN(CCCOC)Cc1nc2sc(C(=O)OC)c(CC)c2c(=O)[nH]1. The number of thiophene rings is 1. The first-order chi connectivity index (χ1) is 14.9. The predicted molar refractivity (Wildman–Crippen MR) is 120 cm³/mol. The average molecular weight is 454 g/mol. The van der Waals surface area contributed by atoms with Crippen LogP contribution in [0, 0.1) is 0 Å². The Balaban J connectivity index is 2.26. The minimum atomic E-state index is -0.697. The molecule has 31 heavy (non-hydrogen) atoms. The minimum Gasteiger partial charge on any atom is -0.465 e. The molecule has 2 rings (SSSR count). The molecule has 0 aliphatic heterocycles. The number of aliphatic hydroxyl groups excluding tert-OH is 1. The second-order valence-electron chi connectivity index (χ2n) is 7.01. The van der Waals surface area contributed by atoms with Crippen LogP contribution in [0.2, 0.25) is 0 Å². The number of ether oxygens (including phenoxy) is 3. The Labute approximate surface area is 185 Å². The number of aliphatic hydroxyl groups is 1. The lowest BCUT2D eigenvalue weighted by Crippen LogP contribution is -2.36. The predicted octanol–water partition coefficient (Wildman–Crippen LogP) is 1.74. The molecule has 10 heteroatoms. The molecule has 0 bridgehead atoms. The summed E-state index contributed by atoms with van der Waals surface area (Å²) in [5, 5.41) is 10.7. The number of aryl methyl sites for hydroxylation is 1. The summed E-state index contributed by atoms with van der Waals surface area (Å²) in [4.78, 5) is 35.2. The fraction of sp³-hybridized carbons (Fsp3) is 0.571. The van der Waals surface area contributed by atoms with Gasteiger partial charge in [0.2, 0.25) is 0 Å². The van der Waals surface area contributed by atoms with Crippen LogP contribution in [0.15, 0.2) is 17.4 Å². The van der Waals surface area contributed by atoms with Gasteiger partial charge in [0.1, 0.15) is 15.5 Å². The molecule has 0 saturated carbocycles. The van der Waals surface area contributed by atoms with E-state index in [1.54, 1.807) is 13.2 Å². The highest BCUT2D eigenvalue weighted by Crippen LogP contribution is 2.29. The number of rotatable bonds is 14. The summed E-state index contributed by atoms with van der Waals surface area (Å²) in [6.45, 7) is 7.93. The van der Waals surface area contributed by atoms with Crippen LogP contribution in [0.4, 0.5) is 0 Å². The molecule has 0 aliphatic rings. The molecule has 0 unspecified atom stereocenters. The van der Waals surface area contributed by atoms with Gasteiger partial charge in [0, 0.05) is 26.8 Å². The Morgan fingerprint density at radius 2 is 2.19 bits per heavy atom. The van der Waals surface area contributed by atoms with E-state index in [0.29, 0.717) is 65.8 Å². The van der Waals surface area contributed by atoms with Gasteiger partial charge in [-0.15, -0.1) is 17.9 Å². The van der Waals surface area contributed by atoms with Crippen LogP contribution in [-0.2, 0) is 27.2 Å². The van der Waals surface area contributed by atoms with E-state index in [-0.39, 0.29) is 12.2 Å². The summed E-state index contributed by atoms with van der Waals surface area (Å²) in [5.74, 6) is -0.000848. The zero-order chi connectivity index (χ0) is 22.8. The van der Waals surface area contributed by atoms with E-state index < -0.39 is 12.1 Å². The van der Waals surface area contributed by atoms with Gasteiger partial charge < -0.3 is 24.3 Å². The summed E-state index contributed by atoms with van der Waals surface area (Å²) in [7, 11) is 2.95. The second kappa shape index (κ2) is 12.7. The van der Waals surface area contributed by atoms with E-state index in [0.717, 1.165) is 17.8 Å². The molecule has 0 aliphatic carbocycles. The van der Waals surface area contributed by atoms with Gasteiger partial charge in [0.25, 0.3) is 5.56 Å². The molecule has 1 atom stereocenters. The smallest absolute Gasteiger partial charge is 0.348 e. The molecule has 2 heterocycles. The van der Waals surface area contributed by atoms with Crippen molar-refractivity contribution in [2.75, 3.05) is 47.1 Å². The fourth-order valence-corrected chi connectivity index (χ4v) is 4.50. The molecule has 2 aromatic rings. The van der Waals surface area contributed by atoms with Gasteiger partial charge in [-0.2, -0.15) is 0 Å². The van der Waals surface area contributed by atoms with Gasteiger partial charge in [-0.25, -0.2) is 9.78 Å². The van der Waals surface area contributed by atoms with E-state index in [2.05, 4.69) is 16.5 Å². The van der Waals surface area contributed by atoms with Crippen molar-refractivity contribution in [1.29, 1.82) is 0 Å². The van der Waals surface area contributed by atoms with E-state index >= 15 is 0 Å². The van der Waals surface area contributed by atoms with Gasteiger partial charge in [0.05, 0.1) is 38.4 Å². The van der Waals surface area contributed by atoms with Crippen LogP contribution in [-0.4, -0.2) is 79.2 Å². The number of nitrogens with zero attached hydrogens (tertiary/aromatic N) is 2. The molecule has 0 amide bonds. The maximum atomic E-state index is 12.8. The van der Waals surface area contributed by atoms with Gasteiger partial charge in [-0.1, -0.05) is 13.0 Å². The topological polar surface area (TPSA) is 114 Å². The monoisotopic (exact) mass is 453 g/mol. The van der Waals surface area contributed by atoms with E-state index in [9.17, 15) is 14.7 Å². The van der Waals surface area contributed by atoms with Crippen molar-refractivity contribution < 1.29 is 24.1 Å². The van der Waals surface area contributed by atoms with Crippen molar-refractivity contribution in [2.45, 2.75) is 32.4 Å². The molecule has 9 nitrogen and oxygen atoms in total. The molecule has 2 aromatic heterocycles. The fourth-order valence-electron chi connectivity index (χ4n) is 3.30. The molecule has 2 N–H and O–H groups in total. The Morgan fingerprint density at radius 1 is 1.42 bits per heavy atom. The van der Waals surface area contributed by atoms with Crippen LogP contribution in [0.3, 0.4) is 0 Å². The highest BCUT2D eigenvalue weighted by molar-refractivity contribution is 7.20. The molecule has 0 saturated heterocycles. The van der Waals surface area contributed by atoms with Crippen LogP contribution < -0.4 is 5.56 Å². The number of aromatic amines is 1. The van der Waals surface area contributed by atoms with Crippen molar-refractivity contribution in [1.82, 2.24) is 14.9 Å². The van der Waals surface area contributed by atoms with Crippen molar-refractivity contribution >= 4 is 27.5 Å². The third-order valence-electron chi connectivity index (χ3n) is 4.65. The van der Waals surface area contributed by atoms with Crippen molar-refractivity contribution in [3.63, 3.8) is 0 Å². The normalized spacial score (nSPS) is 12.4. The van der Waals surface area contributed by atoms with Gasteiger partial charge in [-0.3, -0.25) is 9.69 Å². The van der Waals surface area contributed by atoms with Gasteiger partial charge in [0.15, 0.2) is 0 Å². The minimum absolute atomic E-state index is 0.184. The Kier molecular flexibility index (Phi) is 10.3. The molecular weight excluding hydrogens is 422 g/mol. The first kappa shape index (κ1) is 25.2. The lowest BCUT2D eigenvalue weighted by molar-refractivity contribution is 0.0225. The first-order valence-corrected chi connectivity index (χ1v) is 11.0. The highest BCUT2D eigenvalue weighted by atomic mass is 32.1. The summed E-state index contributed by atoms with van der Waals surface area (Å²) in [6, 6.07) is 0. The number of methoxy groups -OCH3 is 2. The summed E-state index contributed by atoms with van der Waals surface area (Å²) in [6.07, 6.45) is 2.21. The number of H-pyrrole nitrogens is 1. The number of carbonyl (C=O) groups is 1. The number of nitrogens with one attached hydrogen (secondary N) is 1. The standard InChI is InChI=1S/C21H31N3O6S/c1-5-9-30-13-14(25)11-24(8-7-10-28-3)12-16-22-19(26)17-15(6-2)18(21(27)29-4)31-20(17)23-16/h5,14,25H,1,6-13H2,2-4H3,(H,22,23,26)/t14-/m1/s1. The quantitative estimate of drug-likeness (QED) is 0.253. The zero-order valence-electron chi connectivity index (χ0n) is 18.3. The highest BCUT2D eigenvalue weighted by Gasteiger charge is 2.22. The second-order valence-corrected chi connectivity index (χ2v) is 8.01. The number of esters is 1.